The Hall–Kier alpha value is -3.33. The van der Waals surface area contributed by atoms with Crippen LogP contribution in [0.3, 0.4) is 0 Å². The largest absolute Gasteiger partial charge is 0.390 e. The summed E-state index contributed by atoms with van der Waals surface area (Å²) in [6, 6.07) is 4.74. The van der Waals surface area contributed by atoms with Gasteiger partial charge in [-0.1, -0.05) is 6.07 Å². The molecule has 4 aromatic rings. The van der Waals surface area contributed by atoms with Gasteiger partial charge < -0.3 is 20.8 Å². The Balaban J connectivity index is 1.40. The van der Waals surface area contributed by atoms with Gasteiger partial charge in [0.25, 0.3) is 0 Å². The zero-order chi connectivity index (χ0) is 30.7. The first kappa shape index (κ1) is 29.7. The number of aromatic nitrogens is 4. The van der Waals surface area contributed by atoms with Gasteiger partial charge in [0.15, 0.2) is 0 Å². The van der Waals surface area contributed by atoms with Crippen molar-refractivity contribution in [3.05, 3.63) is 59.0 Å². The molecule has 2 fully saturated rings. The number of rotatable bonds is 9. The number of pyridine rings is 1. The van der Waals surface area contributed by atoms with Crippen molar-refractivity contribution in [2.75, 3.05) is 22.6 Å². The van der Waals surface area contributed by atoms with Gasteiger partial charge in [0.05, 0.1) is 39.5 Å². The molecular weight excluding hydrogens is 598 g/mol. The van der Waals surface area contributed by atoms with Gasteiger partial charge in [0, 0.05) is 36.4 Å². The minimum Gasteiger partial charge on any atom is -0.390 e. The van der Waals surface area contributed by atoms with Crippen LogP contribution in [0, 0.1) is 24.5 Å². The van der Waals surface area contributed by atoms with Crippen molar-refractivity contribution in [1.82, 2.24) is 19.9 Å². The maximum atomic E-state index is 14.3. The number of halogens is 2. The molecule has 0 radical (unpaired) electrons. The SMILES string of the molecule is Cc1nc(NCc2c(F)cccc2F)nc(NC2C[C@H](CS(C)(=O)=O)[C@@H](O)[C@@]2(C)O)c1-c1nc2c(C3CC3)nccc2s1. The maximum absolute atomic E-state index is 14.3. The highest BCUT2D eigenvalue weighted by molar-refractivity contribution is 7.90. The predicted molar refractivity (Wildman–Crippen MR) is 161 cm³/mol. The molecule has 2 aliphatic rings. The van der Waals surface area contributed by atoms with Crippen molar-refractivity contribution >= 4 is 43.2 Å². The molecule has 0 saturated heterocycles. The standard InChI is InChI=1S/C29H32F2N6O4S2/c1-14-22(27-36-24-20(42-27)9-10-32-23(24)15-7-8-15)26(35-21-11-16(13-43(3,40)41)25(38)29(21,2)39)37-28(34-14)33-12-17-18(30)5-4-6-19(17)31/h4-6,9-10,15-16,21,25,38-39H,7-8,11-13H2,1-3H3,(H2,33,34,35,37)/t16-,21?,25-,29+/m1/s1. The average Bonchev–Trinajstić information content (AvgIpc) is 3.64. The Morgan fingerprint density at radius 1 is 1.14 bits per heavy atom. The summed E-state index contributed by atoms with van der Waals surface area (Å²) in [5, 5.41) is 29.0. The molecule has 0 bridgehead atoms. The maximum Gasteiger partial charge on any atom is 0.225 e. The van der Waals surface area contributed by atoms with Gasteiger partial charge in [-0.15, -0.1) is 11.3 Å². The number of anilines is 2. The highest BCUT2D eigenvalue weighted by Crippen LogP contribution is 2.45. The molecule has 0 spiro atoms. The van der Waals surface area contributed by atoms with Crippen LogP contribution in [0.1, 0.15) is 49.1 Å². The number of nitrogens with one attached hydrogen (secondary N) is 2. The van der Waals surface area contributed by atoms with Gasteiger partial charge in [-0.05, 0) is 51.3 Å². The molecule has 2 aliphatic carbocycles. The molecule has 1 unspecified atom stereocenters. The van der Waals surface area contributed by atoms with E-state index < -0.39 is 45.1 Å². The average molecular weight is 631 g/mol. The monoisotopic (exact) mass is 630 g/mol. The van der Waals surface area contributed by atoms with Crippen molar-refractivity contribution in [2.45, 2.75) is 63.3 Å². The third-order valence-corrected chi connectivity index (χ3v) is 10.3. The topological polar surface area (TPSA) is 150 Å². The number of fused-ring (bicyclic) bond motifs is 1. The van der Waals surface area contributed by atoms with Crippen molar-refractivity contribution in [1.29, 1.82) is 0 Å². The van der Waals surface area contributed by atoms with Gasteiger partial charge in [-0.2, -0.15) is 4.98 Å². The Bertz CT molecular complexity index is 1790. The second kappa shape index (κ2) is 11.0. The molecular formula is C29H32F2N6O4S2. The molecule has 3 aromatic heterocycles. The quantitative estimate of drug-likeness (QED) is 0.212. The molecule has 1 aromatic carbocycles. The Morgan fingerprint density at radius 2 is 1.86 bits per heavy atom. The zero-order valence-electron chi connectivity index (χ0n) is 23.8. The molecule has 228 valence electrons. The highest BCUT2D eigenvalue weighted by atomic mass is 32.2. The normalized spacial score (nSPS) is 24.0. The van der Waals surface area contributed by atoms with Gasteiger partial charge in [-0.25, -0.2) is 27.2 Å². The van der Waals surface area contributed by atoms with Crippen LogP contribution in [0.5, 0.6) is 0 Å². The molecule has 0 amide bonds. The number of aliphatic hydroxyl groups excluding tert-OH is 1. The third kappa shape index (κ3) is 5.93. The first-order valence-corrected chi connectivity index (χ1v) is 16.9. The summed E-state index contributed by atoms with van der Waals surface area (Å²) in [6.45, 7) is 3.00. The second-order valence-electron chi connectivity index (χ2n) is 11.7. The highest BCUT2D eigenvalue weighted by Gasteiger charge is 2.51. The Morgan fingerprint density at radius 3 is 2.53 bits per heavy atom. The molecule has 6 rings (SSSR count). The lowest BCUT2D eigenvalue weighted by Gasteiger charge is -2.30. The van der Waals surface area contributed by atoms with Crippen LogP contribution < -0.4 is 10.6 Å². The second-order valence-corrected chi connectivity index (χ2v) is 14.9. The molecule has 10 nitrogen and oxygen atoms in total. The minimum absolute atomic E-state index is 0.0822. The summed E-state index contributed by atoms with van der Waals surface area (Å²) in [5.41, 5.74) is 0.973. The van der Waals surface area contributed by atoms with Gasteiger partial charge >= 0.3 is 0 Å². The van der Waals surface area contributed by atoms with Crippen LogP contribution in [0.2, 0.25) is 0 Å². The van der Waals surface area contributed by atoms with Crippen LogP contribution in [0.4, 0.5) is 20.5 Å². The third-order valence-electron chi connectivity index (χ3n) is 8.21. The fourth-order valence-corrected chi connectivity index (χ4v) is 7.95. The molecule has 3 heterocycles. The smallest absolute Gasteiger partial charge is 0.225 e. The summed E-state index contributed by atoms with van der Waals surface area (Å²) in [7, 11) is -3.42. The lowest BCUT2D eigenvalue weighted by molar-refractivity contribution is -0.0557. The van der Waals surface area contributed by atoms with Crippen LogP contribution in [0.25, 0.3) is 20.8 Å². The minimum atomic E-state index is -3.42. The molecule has 43 heavy (non-hydrogen) atoms. The van der Waals surface area contributed by atoms with Crippen molar-refractivity contribution in [3.63, 3.8) is 0 Å². The molecule has 0 aliphatic heterocycles. The van der Waals surface area contributed by atoms with E-state index in [9.17, 15) is 27.4 Å². The summed E-state index contributed by atoms with van der Waals surface area (Å²) in [4.78, 5) is 18.7. The number of sulfone groups is 1. The van der Waals surface area contributed by atoms with Gasteiger partial charge in [-0.3, -0.25) is 4.98 Å². The Labute approximate surface area is 251 Å². The number of aliphatic hydroxyl groups is 2. The number of hydrogen-bond acceptors (Lipinski definition) is 11. The number of nitrogens with zero attached hydrogens (tertiary/aromatic N) is 4. The predicted octanol–water partition coefficient (Wildman–Crippen LogP) is 4.18. The molecule has 4 N–H and O–H groups in total. The van der Waals surface area contributed by atoms with E-state index in [1.807, 2.05) is 6.07 Å². The van der Waals surface area contributed by atoms with Crippen LogP contribution in [-0.4, -0.2) is 68.3 Å². The summed E-state index contributed by atoms with van der Waals surface area (Å²) in [5.74, 6) is -1.66. The first-order chi connectivity index (χ1) is 20.3. The van der Waals surface area contributed by atoms with E-state index in [4.69, 9.17) is 4.98 Å². The van der Waals surface area contributed by atoms with Crippen molar-refractivity contribution in [2.24, 2.45) is 5.92 Å². The van der Waals surface area contributed by atoms with Crippen molar-refractivity contribution in [3.8, 4) is 10.6 Å². The van der Waals surface area contributed by atoms with E-state index in [0.29, 0.717) is 22.2 Å². The molecule has 2 saturated carbocycles. The van der Waals surface area contributed by atoms with E-state index >= 15 is 0 Å². The van der Waals surface area contributed by atoms with Crippen LogP contribution in [0.15, 0.2) is 30.5 Å². The van der Waals surface area contributed by atoms with Crippen LogP contribution >= 0.6 is 11.3 Å². The summed E-state index contributed by atoms with van der Waals surface area (Å²) in [6.07, 6.45) is 3.84. The number of benzene rings is 1. The van der Waals surface area contributed by atoms with E-state index in [-0.39, 0.29) is 36.0 Å². The molecule has 14 heteroatoms. The molecule has 4 atom stereocenters. The lowest BCUT2D eigenvalue weighted by atomic mass is 9.97. The summed E-state index contributed by atoms with van der Waals surface area (Å²) < 4.78 is 53.6. The van der Waals surface area contributed by atoms with Gasteiger partial charge in [0.2, 0.25) is 5.95 Å². The first-order valence-electron chi connectivity index (χ1n) is 14.0. The van der Waals surface area contributed by atoms with E-state index in [1.165, 1.54) is 36.5 Å². The number of hydrogen-bond donors (Lipinski definition) is 4. The van der Waals surface area contributed by atoms with E-state index in [2.05, 4.69) is 25.6 Å². The van der Waals surface area contributed by atoms with Crippen LogP contribution in [-0.2, 0) is 16.4 Å². The summed E-state index contributed by atoms with van der Waals surface area (Å²) >= 11 is 1.44. The zero-order valence-corrected chi connectivity index (χ0v) is 25.4. The Kier molecular flexibility index (Phi) is 7.60. The fraction of sp³-hybridized carbons (Fsp3) is 0.448. The number of aryl methyl sites for hydroxylation is 1. The van der Waals surface area contributed by atoms with E-state index in [1.54, 1.807) is 13.1 Å². The lowest BCUT2D eigenvalue weighted by Crippen LogP contribution is -2.48. The fourth-order valence-electron chi connectivity index (χ4n) is 5.79. The van der Waals surface area contributed by atoms with Crippen molar-refractivity contribution < 1.29 is 27.4 Å². The number of thiazole rings is 1. The van der Waals surface area contributed by atoms with E-state index in [0.717, 1.165) is 35.0 Å². The van der Waals surface area contributed by atoms with Gasteiger partial charge in [0.1, 0.15) is 43.4 Å².